The number of nitrogens with one attached hydrogen (secondary N) is 1. The first-order valence-electron chi connectivity index (χ1n) is 8.81. The van der Waals surface area contributed by atoms with Crippen LogP contribution in [0.25, 0.3) is 0 Å². The number of benzene rings is 2. The molecule has 0 saturated carbocycles. The molecule has 0 spiro atoms. The molecule has 11 heteroatoms. The van der Waals surface area contributed by atoms with Crippen LogP contribution in [0.3, 0.4) is 0 Å². The van der Waals surface area contributed by atoms with Gasteiger partial charge in [-0.3, -0.25) is 9.59 Å². The van der Waals surface area contributed by atoms with Gasteiger partial charge in [-0.25, -0.2) is 0 Å². The number of hydrogen-bond acceptors (Lipinski definition) is 8. The lowest BCUT2D eigenvalue weighted by Gasteiger charge is -2.16. The number of carbonyl (C=O) groups is 2. The maximum Gasteiger partial charge on any atom is 0.259 e. The molecule has 0 aliphatic carbocycles. The third-order valence-corrected chi connectivity index (χ3v) is 4.78. The Morgan fingerprint density at radius 2 is 1.65 bits per heavy atom. The third-order valence-electron chi connectivity index (χ3n) is 4.11. The highest BCUT2D eigenvalue weighted by Crippen LogP contribution is 2.41. The molecule has 0 radical (unpaired) electrons. The molecule has 166 valence electrons. The van der Waals surface area contributed by atoms with Crippen molar-refractivity contribution in [1.29, 1.82) is 0 Å². The van der Waals surface area contributed by atoms with Crippen LogP contribution in [0, 0.1) is 0 Å². The number of halogens is 2. The number of hydrogen-bond donors (Lipinski definition) is 1. The Morgan fingerprint density at radius 1 is 0.968 bits per heavy atom. The number of azo groups is 1. The minimum Gasteiger partial charge on any atom is -0.497 e. The van der Waals surface area contributed by atoms with E-state index in [1.807, 2.05) is 0 Å². The summed E-state index contributed by atoms with van der Waals surface area (Å²) in [6.07, 6.45) is 0. The molecule has 2 aromatic rings. The number of Topliss-reactive ketones (excluding diaryl/α,β-unsaturated/α-hetero) is 1. The van der Waals surface area contributed by atoms with Gasteiger partial charge in [0.05, 0.1) is 33.5 Å². The normalized spacial score (nSPS) is 11.7. The van der Waals surface area contributed by atoms with Crippen molar-refractivity contribution in [2.75, 3.05) is 33.8 Å². The first kappa shape index (κ1) is 24.2. The summed E-state index contributed by atoms with van der Waals surface area (Å²) in [6.45, 7) is 1.21. The van der Waals surface area contributed by atoms with Crippen LogP contribution in [0.1, 0.15) is 6.92 Å². The highest BCUT2D eigenvalue weighted by atomic mass is 35.5. The smallest absolute Gasteiger partial charge is 0.259 e. The van der Waals surface area contributed by atoms with Gasteiger partial charge in [-0.1, -0.05) is 23.2 Å². The molecule has 2 rings (SSSR count). The molecule has 1 unspecified atom stereocenters. The largest absolute Gasteiger partial charge is 0.497 e. The Morgan fingerprint density at radius 3 is 2.19 bits per heavy atom. The third kappa shape index (κ3) is 5.56. The zero-order valence-electron chi connectivity index (χ0n) is 17.5. The van der Waals surface area contributed by atoms with Gasteiger partial charge in [-0.15, -0.1) is 0 Å². The number of anilines is 1. The van der Waals surface area contributed by atoms with Crippen molar-refractivity contribution in [1.82, 2.24) is 0 Å². The van der Waals surface area contributed by atoms with E-state index in [2.05, 4.69) is 15.5 Å². The van der Waals surface area contributed by atoms with Gasteiger partial charge in [-0.05, 0) is 19.1 Å². The van der Waals surface area contributed by atoms with Crippen LogP contribution in [0.15, 0.2) is 34.5 Å². The fourth-order valence-corrected chi connectivity index (χ4v) is 3.01. The van der Waals surface area contributed by atoms with E-state index in [-0.39, 0.29) is 32.9 Å². The summed E-state index contributed by atoms with van der Waals surface area (Å²) in [5.41, 5.74) is 0.319. The highest BCUT2D eigenvalue weighted by molar-refractivity contribution is 6.34. The predicted octanol–water partition coefficient (Wildman–Crippen LogP) is 4.71. The summed E-state index contributed by atoms with van der Waals surface area (Å²) in [6, 6.07) is 4.69. The SMILES string of the molecule is COc1cc(N=NC(C(C)=O)C(=O)Nc2c(OC)ccc(Cl)c2OC)c(Cl)c(OC)c1. The van der Waals surface area contributed by atoms with Crippen molar-refractivity contribution < 1.29 is 28.5 Å². The second-order valence-electron chi connectivity index (χ2n) is 6.04. The average Bonchev–Trinajstić information content (AvgIpc) is 2.75. The Kier molecular flexibility index (Phi) is 8.47. The Hall–Kier alpha value is -3.04. The second kappa shape index (κ2) is 10.8. The average molecular weight is 470 g/mol. The van der Waals surface area contributed by atoms with E-state index < -0.39 is 17.7 Å². The summed E-state index contributed by atoms with van der Waals surface area (Å²) in [4.78, 5) is 25.0. The Balaban J connectivity index is 2.40. The zero-order chi connectivity index (χ0) is 23.1. The number of rotatable bonds is 9. The summed E-state index contributed by atoms with van der Waals surface area (Å²) in [5, 5.41) is 10.8. The van der Waals surface area contributed by atoms with Crippen LogP contribution < -0.4 is 24.3 Å². The van der Waals surface area contributed by atoms with Crippen molar-refractivity contribution >= 4 is 46.3 Å². The van der Waals surface area contributed by atoms with Gasteiger partial charge in [0, 0.05) is 12.1 Å². The van der Waals surface area contributed by atoms with E-state index >= 15 is 0 Å². The second-order valence-corrected chi connectivity index (χ2v) is 6.82. The van der Waals surface area contributed by atoms with Crippen molar-refractivity contribution in [3.05, 3.63) is 34.3 Å². The molecule has 0 aliphatic heterocycles. The van der Waals surface area contributed by atoms with Gasteiger partial charge < -0.3 is 24.3 Å². The summed E-state index contributed by atoms with van der Waals surface area (Å²) >= 11 is 12.4. The quantitative estimate of drug-likeness (QED) is 0.420. The van der Waals surface area contributed by atoms with Crippen molar-refractivity contribution in [3.63, 3.8) is 0 Å². The monoisotopic (exact) mass is 469 g/mol. The first-order chi connectivity index (χ1) is 14.8. The van der Waals surface area contributed by atoms with Crippen LogP contribution in [-0.4, -0.2) is 46.2 Å². The summed E-state index contributed by atoms with van der Waals surface area (Å²) in [7, 11) is 5.69. The highest BCUT2D eigenvalue weighted by Gasteiger charge is 2.26. The van der Waals surface area contributed by atoms with Gasteiger partial charge >= 0.3 is 0 Å². The van der Waals surface area contributed by atoms with E-state index in [0.29, 0.717) is 11.5 Å². The minimum atomic E-state index is -1.47. The lowest BCUT2D eigenvalue weighted by atomic mass is 10.2. The summed E-state index contributed by atoms with van der Waals surface area (Å²) < 4.78 is 20.8. The van der Waals surface area contributed by atoms with E-state index in [1.165, 1.54) is 41.4 Å². The molecule has 0 saturated heterocycles. The maximum absolute atomic E-state index is 12.8. The van der Waals surface area contributed by atoms with Gasteiger partial charge in [0.1, 0.15) is 33.6 Å². The molecule has 0 fully saturated rings. The van der Waals surface area contributed by atoms with Crippen LogP contribution in [0.4, 0.5) is 11.4 Å². The van der Waals surface area contributed by atoms with E-state index in [9.17, 15) is 9.59 Å². The number of methoxy groups -OCH3 is 4. The number of ether oxygens (including phenoxy) is 4. The topological polar surface area (TPSA) is 108 Å². The van der Waals surface area contributed by atoms with Crippen LogP contribution in [0.2, 0.25) is 10.0 Å². The minimum absolute atomic E-state index is 0.146. The molecule has 9 nitrogen and oxygen atoms in total. The lowest BCUT2D eigenvalue weighted by molar-refractivity contribution is -0.126. The molecule has 0 heterocycles. The van der Waals surface area contributed by atoms with Crippen LogP contribution in [0.5, 0.6) is 23.0 Å². The number of nitrogens with zero attached hydrogens (tertiary/aromatic N) is 2. The molecule has 1 amide bonds. The van der Waals surface area contributed by atoms with Gasteiger partial charge in [0.25, 0.3) is 5.91 Å². The van der Waals surface area contributed by atoms with Gasteiger partial charge in [0.15, 0.2) is 11.5 Å². The molecular weight excluding hydrogens is 449 g/mol. The fraction of sp³-hybridized carbons (Fsp3) is 0.300. The van der Waals surface area contributed by atoms with Crippen molar-refractivity contribution in [2.45, 2.75) is 13.0 Å². The zero-order valence-corrected chi connectivity index (χ0v) is 19.0. The first-order valence-corrected chi connectivity index (χ1v) is 9.57. The molecule has 0 aliphatic rings. The fourth-order valence-electron chi connectivity index (χ4n) is 2.55. The number of ketones is 1. The lowest BCUT2D eigenvalue weighted by Crippen LogP contribution is -2.32. The Labute approximate surface area is 189 Å². The molecule has 0 aromatic heterocycles. The molecular formula is C20H21Cl2N3O6. The maximum atomic E-state index is 12.8. The van der Waals surface area contributed by atoms with Crippen molar-refractivity contribution in [2.24, 2.45) is 10.2 Å². The van der Waals surface area contributed by atoms with Gasteiger partial charge in [0.2, 0.25) is 6.04 Å². The van der Waals surface area contributed by atoms with Gasteiger partial charge in [-0.2, -0.15) is 10.2 Å². The van der Waals surface area contributed by atoms with E-state index in [4.69, 9.17) is 42.1 Å². The molecule has 2 aromatic carbocycles. The molecule has 1 atom stereocenters. The molecule has 31 heavy (non-hydrogen) atoms. The van der Waals surface area contributed by atoms with E-state index in [1.54, 1.807) is 18.2 Å². The van der Waals surface area contributed by atoms with Crippen molar-refractivity contribution in [3.8, 4) is 23.0 Å². The predicted molar refractivity (Wildman–Crippen MR) is 117 cm³/mol. The standard InChI is InChI=1S/C20H21Cl2N3O6/c1-10(26)17(25-24-13-8-11(28-2)9-15(30-4)16(13)22)20(27)23-18-14(29-3)7-6-12(21)19(18)31-5/h6-9,17H,1-5H3,(H,23,27). The summed E-state index contributed by atoms with van der Waals surface area (Å²) in [5.74, 6) is -0.142. The molecule has 1 N–H and O–H groups in total. The van der Waals surface area contributed by atoms with Crippen LogP contribution >= 0.6 is 23.2 Å². The van der Waals surface area contributed by atoms with E-state index in [0.717, 1.165) is 0 Å². The van der Waals surface area contributed by atoms with Crippen LogP contribution in [-0.2, 0) is 9.59 Å². The Bertz CT molecular complexity index is 1010. The molecule has 0 bridgehead atoms. The number of carbonyl (C=O) groups excluding carboxylic acids is 2. The number of amides is 1.